The van der Waals surface area contributed by atoms with E-state index < -0.39 is 11.8 Å². The predicted octanol–water partition coefficient (Wildman–Crippen LogP) is 3.95. The van der Waals surface area contributed by atoms with E-state index >= 15 is 0 Å². The highest BCUT2D eigenvalue weighted by Gasteiger charge is 2.34. The van der Waals surface area contributed by atoms with Gasteiger partial charge in [0.15, 0.2) is 5.11 Å². The van der Waals surface area contributed by atoms with Crippen molar-refractivity contribution < 1.29 is 9.59 Å². The van der Waals surface area contributed by atoms with Crippen molar-refractivity contribution in [2.75, 3.05) is 11.2 Å². The van der Waals surface area contributed by atoms with Crippen molar-refractivity contribution in [1.82, 2.24) is 5.32 Å². The van der Waals surface area contributed by atoms with Crippen molar-refractivity contribution in [1.29, 1.82) is 0 Å². The Hall–Kier alpha value is -1.67. The Morgan fingerprint density at radius 1 is 1.25 bits per heavy atom. The van der Waals surface area contributed by atoms with E-state index in [0.29, 0.717) is 10.7 Å². The number of hydrogen-bond donors (Lipinski definition) is 1. The van der Waals surface area contributed by atoms with E-state index in [-0.39, 0.29) is 10.7 Å². The molecule has 0 bridgehead atoms. The lowest BCUT2D eigenvalue weighted by Crippen LogP contribution is -2.54. The molecule has 24 heavy (non-hydrogen) atoms. The molecular formula is C16H11ClN2O2S3. The van der Waals surface area contributed by atoms with Crippen LogP contribution in [0.3, 0.4) is 0 Å². The summed E-state index contributed by atoms with van der Waals surface area (Å²) in [6, 6.07) is 8.57. The second-order valence-electron chi connectivity index (χ2n) is 4.80. The average Bonchev–Trinajstić information content (AvgIpc) is 3.00. The van der Waals surface area contributed by atoms with Crippen LogP contribution in [0.2, 0.25) is 5.02 Å². The molecule has 1 aromatic carbocycles. The van der Waals surface area contributed by atoms with E-state index in [9.17, 15) is 9.59 Å². The van der Waals surface area contributed by atoms with Crippen molar-refractivity contribution in [2.45, 2.75) is 4.21 Å². The second kappa shape index (κ2) is 7.06. The lowest BCUT2D eigenvalue weighted by molar-refractivity contribution is -0.122. The lowest BCUT2D eigenvalue weighted by atomic mass is 10.1. The fourth-order valence-corrected chi connectivity index (χ4v) is 4.14. The highest BCUT2D eigenvalue weighted by Crippen LogP contribution is 2.30. The van der Waals surface area contributed by atoms with Gasteiger partial charge < -0.3 is 0 Å². The van der Waals surface area contributed by atoms with Crippen LogP contribution in [0.25, 0.3) is 6.08 Å². The van der Waals surface area contributed by atoms with Gasteiger partial charge in [0.05, 0.1) is 9.90 Å². The van der Waals surface area contributed by atoms with Gasteiger partial charge in [-0.25, -0.2) is 0 Å². The third kappa shape index (κ3) is 3.25. The van der Waals surface area contributed by atoms with Gasteiger partial charge in [-0.3, -0.25) is 19.8 Å². The summed E-state index contributed by atoms with van der Waals surface area (Å²) in [5.74, 6) is -0.946. The summed E-state index contributed by atoms with van der Waals surface area (Å²) in [7, 11) is 0. The van der Waals surface area contributed by atoms with Crippen LogP contribution in [0.15, 0.2) is 45.5 Å². The summed E-state index contributed by atoms with van der Waals surface area (Å²) in [5, 5.41) is 5.10. The number of hydrogen-bond acceptors (Lipinski definition) is 5. The molecule has 122 valence electrons. The predicted molar refractivity (Wildman–Crippen MR) is 104 cm³/mol. The molecule has 1 N–H and O–H groups in total. The van der Waals surface area contributed by atoms with Crippen LogP contribution in [0.5, 0.6) is 0 Å². The van der Waals surface area contributed by atoms with E-state index in [2.05, 4.69) is 5.32 Å². The van der Waals surface area contributed by atoms with Crippen molar-refractivity contribution in [3.8, 4) is 0 Å². The zero-order valence-corrected chi connectivity index (χ0v) is 15.6. The van der Waals surface area contributed by atoms with Crippen LogP contribution >= 0.6 is 46.9 Å². The van der Waals surface area contributed by atoms with Gasteiger partial charge in [-0.05, 0) is 65.8 Å². The first-order chi connectivity index (χ1) is 11.5. The minimum Gasteiger partial charge on any atom is -0.298 e. The molecule has 1 aromatic heterocycles. The number of carbonyl (C=O) groups excluding carboxylic acids is 2. The molecule has 1 fully saturated rings. The number of carbonyl (C=O) groups is 2. The van der Waals surface area contributed by atoms with Crippen molar-refractivity contribution in [3.05, 3.63) is 51.9 Å². The minimum atomic E-state index is -0.492. The average molecular weight is 395 g/mol. The normalized spacial score (nSPS) is 16.7. The Kier molecular flexibility index (Phi) is 5.05. The summed E-state index contributed by atoms with van der Waals surface area (Å²) in [6.07, 6.45) is 3.55. The number of anilines is 1. The molecule has 3 rings (SSSR count). The molecular weight excluding hydrogens is 384 g/mol. The number of halogens is 1. The molecule has 1 saturated heterocycles. The quantitative estimate of drug-likeness (QED) is 0.370. The highest BCUT2D eigenvalue weighted by molar-refractivity contribution is 8.00. The van der Waals surface area contributed by atoms with Gasteiger partial charge in [0, 0.05) is 5.02 Å². The molecule has 2 aromatic rings. The van der Waals surface area contributed by atoms with Crippen LogP contribution in [0.4, 0.5) is 5.69 Å². The summed E-state index contributed by atoms with van der Waals surface area (Å²) < 4.78 is 1.04. The first-order valence-electron chi connectivity index (χ1n) is 6.80. The number of thiocarbonyl (C=S) groups is 1. The van der Waals surface area contributed by atoms with Crippen LogP contribution in [-0.4, -0.2) is 23.2 Å². The number of thiophene rings is 1. The van der Waals surface area contributed by atoms with Gasteiger partial charge in [0.25, 0.3) is 11.8 Å². The summed E-state index contributed by atoms with van der Waals surface area (Å²) in [4.78, 5) is 26.4. The van der Waals surface area contributed by atoms with Gasteiger partial charge in [0.1, 0.15) is 5.57 Å². The summed E-state index contributed by atoms with van der Waals surface area (Å²) in [5.41, 5.74) is 1.44. The molecule has 0 atom stereocenters. The molecule has 8 heteroatoms. The number of thioether (sulfide) groups is 1. The minimum absolute atomic E-state index is 0.0484. The van der Waals surface area contributed by atoms with E-state index in [1.54, 1.807) is 53.4 Å². The number of amides is 2. The zero-order valence-electron chi connectivity index (χ0n) is 12.4. The van der Waals surface area contributed by atoms with E-state index in [1.807, 2.05) is 17.7 Å². The largest absolute Gasteiger partial charge is 0.298 e. The molecule has 2 heterocycles. The first-order valence-corrected chi connectivity index (χ1v) is 9.69. The Morgan fingerprint density at radius 3 is 2.62 bits per heavy atom. The maximum Gasteiger partial charge on any atom is 0.270 e. The topological polar surface area (TPSA) is 49.4 Å². The standard InChI is InChI=1S/C16H11ClN2O2S3/c1-23-15-9(6-7-24-15)8-12-13(20)18-16(22)19(14(12)21)11-4-2-10(17)3-5-11/h2-8H,1H3,(H,18,20,22). The van der Waals surface area contributed by atoms with Gasteiger partial charge in [-0.2, -0.15) is 0 Å². The van der Waals surface area contributed by atoms with Crippen LogP contribution in [0.1, 0.15) is 5.56 Å². The Morgan fingerprint density at radius 2 is 1.96 bits per heavy atom. The van der Waals surface area contributed by atoms with Crippen molar-refractivity contribution >= 4 is 75.6 Å². The van der Waals surface area contributed by atoms with E-state index in [4.69, 9.17) is 23.8 Å². The van der Waals surface area contributed by atoms with Crippen LogP contribution < -0.4 is 10.2 Å². The van der Waals surface area contributed by atoms with Gasteiger partial charge >= 0.3 is 0 Å². The van der Waals surface area contributed by atoms with Crippen LogP contribution in [0, 0.1) is 0 Å². The van der Waals surface area contributed by atoms with E-state index in [0.717, 1.165) is 9.77 Å². The molecule has 0 aliphatic carbocycles. The Bertz CT molecular complexity index is 858. The lowest BCUT2D eigenvalue weighted by Gasteiger charge is -2.28. The number of rotatable bonds is 3. The maximum absolute atomic E-state index is 12.8. The molecule has 1 aliphatic heterocycles. The van der Waals surface area contributed by atoms with Crippen molar-refractivity contribution in [2.24, 2.45) is 0 Å². The fraction of sp³-hybridized carbons (Fsp3) is 0.0625. The Balaban J connectivity index is 2.01. The van der Waals surface area contributed by atoms with Gasteiger partial charge in [-0.15, -0.1) is 23.1 Å². The molecule has 0 saturated carbocycles. The summed E-state index contributed by atoms with van der Waals surface area (Å²) >= 11 is 14.2. The Labute approximate surface area is 157 Å². The molecule has 0 unspecified atom stereocenters. The highest BCUT2D eigenvalue weighted by atomic mass is 35.5. The molecule has 0 spiro atoms. The fourth-order valence-electron chi connectivity index (χ4n) is 2.22. The zero-order chi connectivity index (χ0) is 17.3. The third-order valence-electron chi connectivity index (χ3n) is 3.33. The number of nitrogens with one attached hydrogen (secondary N) is 1. The monoisotopic (exact) mass is 394 g/mol. The molecule has 2 amide bonds. The third-order valence-corrected chi connectivity index (χ3v) is 5.98. The SMILES string of the molecule is CSc1sccc1C=C1C(=O)NC(=S)N(c2ccc(Cl)cc2)C1=O. The molecule has 0 radical (unpaired) electrons. The van der Waals surface area contributed by atoms with E-state index in [1.165, 1.54) is 4.90 Å². The van der Waals surface area contributed by atoms with Gasteiger partial charge in [-0.1, -0.05) is 11.6 Å². The number of nitrogens with zero attached hydrogens (tertiary/aromatic N) is 1. The van der Waals surface area contributed by atoms with Crippen LogP contribution in [-0.2, 0) is 9.59 Å². The molecule has 1 aliphatic rings. The number of benzene rings is 1. The molecule has 4 nitrogen and oxygen atoms in total. The first kappa shape index (κ1) is 17.2. The van der Waals surface area contributed by atoms with Crippen molar-refractivity contribution in [3.63, 3.8) is 0 Å². The maximum atomic E-state index is 12.8. The smallest absolute Gasteiger partial charge is 0.270 e. The van der Waals surface area contributed by atoms with Gasteiger partial charge in [0.2, 0.25) is 0 Å². The second-order valence-corrected chi connectivity index (χ2v) is 7.62. The summed E-state index contributed by atoms with van der Waals surface area (Å²) in [6.45, 7) is 0.